The van der Waals surface area contributed by atoms with E-state index in [4.69, 9.17) is 27.9 Å². The molecule has 0 fully saturated rings. The molecular formula is C14H19Cl2NO2. The summed E-state index contributed by atoms with van der Waals surface area (Å²) in [5, 5.41) is 3.48. The summed E-state index contributed by atoms with van der Waals surface area (Å²) in [6.07, 6.45) is 0.854. The van der Waals surface area contributed by atoms with Gasteiger partial charge in [-0.15, -0.1) is 11.6 Å². The summed E-state index contributed by atoms with van der Waals surface area (Å²) < 4.78 is 5.35. The number of nitrogens with one attached hydrogen (secondary N) is 1. The first-order chi connectivity index (χ1) is 8.93. The molecule has 1 aromatic rings. The van der Waals surface area contributed by atoms with Gasteiger partial charge in [0.25, 0.3) is 5.91 Å². The molecule has 0 aliphatic heterocycles. The minimum atomic E-state index is -0.141. The van der Waals surface area contributed by atoms with Gasteiger partial charge in [-0.1, -0.05) is 25.4 Å². The molecule has 0 heterocycles. The van der Waals surface area contributed by atoms with Crippen molar-refractivity contribution in [3.63, 3.8) is 0 Å². The maximum Gasteiger partial charge on any atom is 0.257 e. The van der Waals surface area contributed by atoms with Gasteiger partial charge in [0.15, 0.2) is 6.61 Å². The third-order valence-corrected chi connectivity index (χ3v) is 3.16. The van der Waals surface area contributed by atoms with E-state index in [1.54, 1.807) is 24.3 Å². The summed E-state index contributed by atoms with van der Waals surface area (Å²) in [4.78, 5) is 11.6. The highest BCUT2D eigenvalue weighted by molar-refractivity contribution is 6.30. The van der Waals surface area contributed by atoms with Crippen molar-refractivity contribution in [1.29, 1.82) is 0 Å². The number of benzene rings is 1. The van der Waals surface area contributed by atoms with Gasteiger partial charge in [0.05, 0.1) is 0 Å². The molecule has 3 nitrogen and oxygen atoms in total. The van der Waals surface area contributed by atoms with Crippen molar-refractivity contribution in [3.05, 3.63) is 29.3 Å². The molecule has 0 atom stereocenters. The Morgan fingerprint density at radius 1 is 1.32 bits per heavy atom. The second kappa shape index (κ2) is 7.61. The first kappa shape index (κ1) is 16.1. The smallest absolute Gasteiger partial charge is 0.257 e. The molecule has 0 radical (unpaired) electrons. The van der Waals surface area contributed by atoms with Crippen LogP contribution in [0.1, 0.15) is 20.3 Å². The average Bonchev–Trinajstić information content (AvgIpc) is 2.36. The van der Waals surface area contributed by atoms with E-state index < -0.39 is 0 Å². The fourth-order valence-electron chi connectivity index (χ4n) is 1.41. The summed E-state index contributed by atoms with van der Waals surface area (Å²) in [7, 11) is 0. The number of amides is 1. The van der Waals surface area contributed by atoms with Crippen LogP contribution in [0.15, 0.2) is 24.3 Å². The Bertz CT molecular complexity index is 404. The molecule has 0 saturated carbocycles. The quantitative estimate of drug-likeness (QED) is 0.783. The molecule has 0 saturated heterocycles. The Balaban J connectivity index is 2.30. The van der Waals surface area contributed by atoms with Crippen LogP contribution < -0.4 is 10.1 Å². The second-order valence-corrected chi connectivity index (χ2v) is 5.94. The SMILES string of the molecule is CC(C)(CCCl)CNC(=O)COc1ccc(Cl)cc1. The topological polar surface area (TPSA) is 38.3 Å². The molecule has 5 heteroatoms. The number of rotatable bonds is 7. The Morgan fingerprint density at radius 3 is 2.53 bits per heavy atom. The number of halogens is 2. The Labute approximate surface area is 124 Å². The van der Waals surface area contributed by atoms with E-state index in [0.29, 0.717) is 23.2 Å². The lowest BCUT2D eigenvalue weighted by molar-refractivity contribution is -0.123. The zero-order valence-corrected chi connectivity index (χ0v) is 12.7. The number of hydrogen-bond donors (Lipinski definition) is 1. The van der Waals surface area contributed by atoms with Crippen molar-refractivity contribution in [3.8, 4) is 5.75 Å². The van der Waals surface area contributed by atoms with E-state index in [1.807, 2.05) is 0 Å². The van der Waals surface area contributed by atoms with Gasteiger partial charge in [-0.25, -0.2) is 0 Å². The minimum Gasteiger partial charge on any atom is -0.484 e. The van der Waals surface area contributed by atoms with Crippen molar-refractivity contribution in [2.45, 2.75) is 20.3 Å². The zero-order chi connectivity index (χ0) is 14.3. The molecular weight excluding hydrogens is 285 g/mol. The van der Waals surface area contributed by atoms with Crippen LogP contribution in [0.5, 0.6) is 5.75 Å². The molecule has 0 spiro atoms. The van der Waals surface area contributed by atoms with E-state index in [-0.39, 0.29) is 17.9 Å². The molecule has 0 bridgehead atoms. The van der Waals surface area contributed by atoms with Crippen molar-refractivity contribution in [2.75, 3.05) is 19.0 Å². The fraction of sp³-hybridized carbons (Fsp3) is 0.500. The lowest BCUT2D eigenvalue weighted by Crippen LogP contribution is -2.36. The summed E-state index contributed by atoms with van der Waals surface area (Å²) in [5.74, 6) is 1.07. The number of hydrogen-bond acceptors (Lipinski definition) is 2. The summed E-state index contributed by atoms with van der Waals surface area (Å²) in [5.41, 5.74) is -0.00230. The first-order valence-corrected chi connectivity index (χ1v) is 7.05. The second-order valence-electron chi connectivity index (χ2n) is 5.12. The molecule has 0 aliphatic rings. The van der Waals surface area contributed by atoms with Crippen molar-refractivity contribution < 1.29 is 9.53 Å². The van der Waals surface area contributed by atoms with Crippen molar-refractivity contribution in [2.24, 2.45) is 5.41 Å². The van der Waals surface area contributed by atoms with Crippen LogP contribution >= 0.6 is 23.2 Å². The third-order valence-electron chi connectivity index (χ3n) is 2.72. The van der Waals surface area contributed by atoms with Gasteiger partial charge in [-0.05, 0) is 36.1 Å². The van der Waals surface area contributed by atoms with Gasteiger partial charge in [-0.2, -0.15) is 0 Å². The molecule has 0 aromatic heterocycles. The molecule has 1 amide bonds. The van der Waals surface area contributed by atoms with Crippen LogP contribution in [0.3, 0.4) is 0 Å². The first-order valence-electron chi connectivity index (χ1n) is 6.14. The van der Waals surface area contributed by atoms with Gasteiger partial charge < -0.3 is 10.1 Å². The zero-order valence-electron chi connectivity index (χ0n) is 11.2. The summed E-state index contributed by atoms with van der Waals surface area (Å²) >= 11 is 11.5. The van der Waals surface area contributed by atoms with E-state index in [9.17, 15) is 4.79 Å². The number of alkyl halides is 1. The van der Waals surface area contributed by atoms with E-state index in [1.165, 1.54) is 0 Å². The highest BCUT2D eigenvalue weighted by Gasteiger charge is 2.18. The maximum absolute atomic E-state index is 11.6. The van der Waals surface area contributed by atoms with E-state index in [2.05, 4.69) is 19.2 Å². The highest BCUT2D eigenvalue weighted by atomic mass is 35.5. The molecule has 1 aromatic carbocycles. The summed E-state index contributed by atoms with van der Waals surface area (Å²) in [6, 6.07) is 6.90. The van der Waals surface area contributed by atoms with Crippen molar-refractivity contribution >= 4 is 29.1 Å². The van der Waals surface area contributed by atoms with Gasteiger partial charge in [-0.3, -0.25) is 4.79 Å². The van der Waals surface area contributed by atoms with E-state index >= 15 is 0 Å². The van der Waals surface area contributed by atoms with E-state index in [0.717, 1.165) is 6.42 Å². The molecule has 0 aliphatic carbocycles. The normalized spacial score (nSPS) is 11.2. The van der Waals surface area contributed by atoms with Crippen LogP contribution in [0.25, 0.3) is 0 Å². The molecule has 19 heavy (non-hydrogen) atoms. The molecule has 1 N–H and O–H groups in total. The van der Waals surface area contributed by atoms with Gasteiger partial charge in [0.2, 0.25) is 0 Å². The standard InChI is InChI=1S/C14H19Cl2NO2/c1-14(2,7-8-15)10-17-13(18)9-19-12-5-3-11(16)4-6-12/h3-6H,7-10H2,1-2H3,(H,17,18). The lowest BCUT2D eigenvalue weighted by atomic mass is 9.90. The summed E-state index contributed by atoms with van der Waals surface area (Å²) in [6.45, 7) is 4.71. The predicted molar refractivity (Wildman–Crippen MR) is 79.1 cm³/mol. The Kier molecular flexibility index (Phi) is 6.46. The Hall–Kier alpha value is -0.930. The van der Waals surface area contributed by atoms with Gasteiger partial charge in [0.1, 0.15) is 5.75 Å². The Morgan fingerprint density at radius 2 is 1.95 bits per heavy atom. The van der Waals surface area contributed by atoms with Gasteiger partial charge in [0, 0.05) is 17.4 Å². The average molecular weight is 304 g/mol. The highest BCUT2D eigenvalue weighted by Crippen LogP contribution is 2.19. The number of carbonyl (C=O) groups is 1. The molecule has 106 valence electrons. The van der Waals surface area contributed by atoms with Crippen LogP contribution in [-0.4, -0.2) is 24.9 Å². The van der Waals surface area contributed by atoms with Crippen LogP contribution in [0, 0.1) is 5.41 Å². The molecule has 1 rings (SSSR count). The molecule has 0 unspecified atom stereocenters. The maximum atomic E-state index is 11.6. The van der Waals surface area contributed by atoms with Gasteiger partial charge >= 0.3 is 0 Å². The van der Waals surface area contributed by atoms with Crippen LogP contribution in [-0.2, 0) is 4.79 Å². The lowest BCUT2D eigenvalue weighted by Gasteiger charge is -2.23. The predicted octanol–water partition coefficient (Wildman–Crippen LogP) is 3.49. The monoisotopic (exact) mass is 303 g/mol. The fourth-order valence-corrected chi connectivity index (χ4v) is 2.05. The largest absolute Gasteiger partial charge is 0.484 e. The number of ether oxygens (including phenoxy) is 1. The van der Waals surface area contributed by atoms with Crippen LogP contribution in [0.4, 0.5) is 0 Å². The minimum absolute atomic E-state index is 0.00140. The number of carbonyl (C=O) groups excluding carboxylic acids is 1. The van der Waals surface area contributed by atoms with Crippen molar-refractivity contribution in [1.82, 2.24) is 5.32 Å². The van der Waals surface area contributed by atoms with Crippen LogP contribution in [0.2, 0.25) is 5.02 Å². The third kappa shape index (κ3) is 6.69.